The summed E-state index contributed by atoms with van der Waals surface area (Å²) in [5, 5.41) is 1.16. The van der Waals surface area contributed by atoms with E-state index in [1.54, 1.807) is 11.3 Å². The summed E-state index contributed by atoms with van der Waals surface area (Å²) >= 11 is 1.75. The standard InChI is InChI=1S/C33H21N3S/c1-3-11-22(12-4-1)26-18-10-20-34-29(26)24-15-9-16-25(21-24)33-35-30(23-13-5-2-6-14-23)32-31(36-33)27-17-7-8-19-28(27)37-32/h1-21H. The zero-order valence-electron chi connectivity index (χ0n) is 19.9. The van der Waals surface area contributed by atoms with E-state index in [4.69, 9.17) is 15.0 Å². The number of aromatic nitrogens is 3. The van der Waals surface area contributed by atoms with E-state index in [2.05, 4.69) is 103 Å². The highest BCUT2D eigenvalue weighted by molar-refractivity contribution is 7.26. The number of nitrogens with zero attached hydrogens (tertiary/aromatic N) is 3. The van der Waals surface area contributed by atoms with Crippen LogP contribution in [0.1, 0.15) is 0 Å². The molecule has 0 radical (unpaired) electrons. The predicted octanol–water partition coefficient (Wildman–Crippen LogP) is 8.91. The lowest BCUT2D eigenvalue weighted by Crippen LogP contribution is -1.94. The predicted molar refractivity (Wildman–Crippen MR) is 154 cm³/mol. The third kappa shape index (κ3) is 3.88. The van der Waals surface area contributed by atoms with Crippen molar-refractivity contribution in [1.29, 1.82) is 0 Å². The lowest BCUT2D eigenvalue weighted by atomic mass is 9.98. The van der Waals surface area contributed by atoms with Gasteiger partial charge in [0.05, 0.1) is 21.6 Å². The maximum absolute atomic E-state index is 5.13. The van der Waals surface area contributed by atoms with Crippen molar-refractivity contribution >= 4 is 31.6 Å². The Bertz CT molecular complexity index is 1880. The van der Waals surface area contributed by atoms with Crippen molar-refractivity contribution in [3.8, 4) is 45.0 Å². The molecule has 174 valence electrons. The van der Waals surface area contributed by atoms with Crippen LogP contribution in [0.2, 0.25) is 0 Å². The molecule has 0 unspecified atom stereocenters. The maximum atomic E-state index is 5.13. The van der Waals surface area contributed by atoms with Crippen molar-refractivity contribution < 1.29 is 0 Å². The van der Waals surface area contributed by atoms with E-state index in [0.29, 0.717) is 5.82 Å². The fourth-order valence-electron chi connectivity index (χ4n) is 4.80. The van der Waals surface area contributed by atoms with Gasteiger partial charge in [-0.1, -0.05) is 103 Å². The lowest BCUT2D eigenvalue weighted by Gasteiger charge is -2.11. The number of fused-ring (bicyclic) bond motifs is 3. The van der Waals surface area contributed by atoms with Crippen LogP contribution in [0.3, 0.4) is 0 Å². The van der Waals surface area contributed by atoms with Crippen LogP contribution in [0.5, 0.6) is 0 Å². The molecule has 0 aliphatic carbocycles. The second-order valence-corrected chi connectivity index (χ2v) is 9.94. The Hall–Kier alpha value is -4.67. The van der Waals surface area contributed by atoms with E-state index >= 15 is 0 Å². The van der Waals surface area contributed by atoms with Crippen LogP contribution in [-0.4, -0.2) is 15.0 Å². The zero-order chi connectivity index (χ0) is 24.6. The number of hydrogen-bond donors (Lipinski definition) is 0. The van der Waals surface area contributed by atoms with Crippen molar-refractivity contribution in [3.05, 3.63) is 128 Å². The van der Waals surface area contributed by atoms with E-state index in [1.807, 2.05) is 24.4 Å². The molecule has 4 heteroatoms. The average molecular weight is 492 g/mol. The Balaban J connectivity index is 1.44. The second-order valence-electron chi connectivity index (χ2n) is 8.88. The first kappa shape index (κ1) is 21.6. The molecule has 7 aromatic rings. The molecule has 0 aliphatic heterocycles. The summed E-state index contributed by atoms with van der Waals surface area (Å²) in [6.45, 7) is 0. The number of benzene rings is 4. The van der Waals surface area contributed by atoms with Gasteiger partial charge < -0.3 is 0 Å². The van der Waals surface area contributed by atoms with Gasteiger partial charge in [-0.25, -0.2) is 9.97 Å². The molecule has 7 rings (SSSR count). The molecule has 0 spiro atoms. The minimum atomic E-state index is 0.717. The molecule has 0 N–H and O–H groups in total. The Kier molecular flexibility index (Phi) is 5.30. The van der Waals surface area contributed by atoms with E-state index in [-0.39, 0.29) is 0 Å². The van der Waals surface area contributed by atoms with Gasteiger partial charge in [0.15, 0.2) is 5.82 Å². The quantitative estimate of drug-likeness (QED) is 0.247. The summed E-state index contributed by atoms with van der Waals surface area (Å²) in [7, 11) is 0. The molecule has 0 bridgehead atoms. The first-order valence-corrected chi connectivity index (χ1v) is 13.0. The van der Waals surface area contributed by atoms with Crippen molar-refractivity contribution in [1.82, 2.24) is 15.0 Å². The highest BCUT2D eigenvalue weighted by Gasteiger charge is 2.17. The van der Waals surface area contributed by atoms with Gasteiger partial charge in [-0.15, -0.1) is 11.3 Å². The first-order valence-electron chi connectivity index (χ1n) is 12.2. The number of thiophene rings is 1. The van der Waals surface area contributed by atoms with Crippen molar-refractivity contribution in [2.75, 3.05) is 0 Å². The number of rotatable bonds is 4. The SMILES string of the molecule is c1ccc(-c2cccnc2-c2cccc(-c3nc(-c4ccccc4)c4sc5ccccc5c4n3)c2)cc1. The van der Waals surface area contributed by atoms with Crippen LogP contribution in [0.15, 0.2) is 128 Å². The van der Waals surface area contributed by atoms with E-state index in [9.17, 15) is 0 Å². The lowest BCUT2D eigenvalue weighted by molar-refractivity contribution is 1.24. The van der Waals surface area contributed by atoms with Crippen LogP contribution in [0, 0.1) is 0 Å². The molecule has 3 aromatic heterocycles. The molecule has 3 nitrogen and oxygen atoms in total. The van der Waals surface area contributed by atoms with Gasteiger partial charge in [0.25, 0.3) is 0 Å². The summed E-state index contributed by atoms with van der Waals surface area (Å²) in [5.41, 5.74) is 8.26. The normalized spacial score (nSPS) is 11.2. The molecule has 0 amide bonds. The molecule has 4 aromatic carbocycles. The van der Waals surface area contributed by atoms with Gasteiger partial charge in [0.2, 0.25) is 0 Å². The third-order valence-corrected chi connectivity index (χ3v) is 7.72. The van der Waals surface area contributed by atoms with Crippen molar-refractivity contribution in [2.24, 2.45) is 0 Å². The molecule has 3 heterocycles. The second kappa shape index (κ2) is 9.08. The highest BCUT2D eigenvalue weighted by Crippen LogP contribution is 2.39. The number of pyridine rings is 1. The highest BCUT2D eigenvalue weighted by atomic mass is 32.1. The summed E-state index contributed by atoms with van der Waals surface area (Å²) in [6, 6.07) is 41.8. The topological polar surface area (TPSA) is 38.7 Å². The molecule has 0 aliphatic rings. The van der Waals surface area contributed by atoms with Gasteiger partial charge in [-0.3, -0.25) is 4.98 Å². The fourth-order valence-corrected chi connectivity index (χ4v) is 5.96. The molecular formula is C33H21N3S. The van der Waals surface area contributed by atoms with Crippen LogP contribution in [0.4, 0.5) is 0 Å². The first-order chi connectivity index (χ1) is 18.3. The van der Waals surface area contributed by atoms with Gasteiger partial charge in [0.1, 0.15) is 0 Å². The molecule has 0 saturated heterocycles. The maximum Gasteiger partial charge on any atom is 0.160 e. The third-order valence-electron chi connectivity index (χ3n) is 6.55. The van der Waals surface area contributed by atoms with E-state index < -0.39 is 0 Å². The molecule has 0 atom stereocenters. The van der Waals surface area contributed by atoms with Gasteiger partial charge in [-0.2, -0.15) is 0 Å². The molecular weight excluding hydrogens is 470 g/mol. The smallest absolute Gasteiger partial charge is 0.160 e. The Labute approximate surface area is 218 Å². The van der Waals surface area contributed by atoms with Crippen molar-refractivity contribution in [3.63, 3.8) is 0 Å². The molecule has 0 fully saturated rings. The van der Waals surface area contributed by atoms with Gasteiger partial charge in [-0.05, 0) is 23.8 Å². The minimum absolute atomic E-state index is 0.717. The van der Waals surface area contributed by atoms with Gasteiger partial charge in [0, 0.05) is 38.5 Å². The van der Waals surface area contributed by atoms with Crippen LogP contribution >= 0.6 is 11.3 Å². The monoisotopic (exact) mass is 491 g/mol. The fraction of sp³-hybridized carbons (Fsp3) is 0. The average Bonchev–Trinajstić information content (AvgIpc) is 3.36. The van der Waals surface area contributed by atoms with Crippen LogP contribution in [0.25, 0.3) is 65.3 Å². The molecule has 37 heavy (non-hydrogen) atoms. The van der Waals surface area contributed by atoms with E-state index in [0.717, 1.165) is 54.8 Å². The zero-order valence-corrected chi connectivity index (χ0v) is 20.7. The summed E-state index contributed by atoms with van der Waals surface area (Å²) in [5.74, 6) is 0.717. The summed E-state index contributed by atoms with van der Waals surface area (Å²) in [6.07, 6.45) is 1.85. The molecule has 0 saturated carbocycles. The largest absolute Gasteiger partial charge is 0.256 e. The van der Waals surface area contributed by atoms with Gasteiger partial charge >= 0.3 is 0 Å². The minimum Gasteiger partial charge on any atom is -0.256 e. The summed E-state index contributed by atoms with van der Waals surface area (Å²) < 4.78 is 2.33. The Morgan fingerprint density at radius 3 is 2.05 bits per heavy atom. The number of hydrogen-bond acceptors (Lipinski definition) is 4. The van der Waals surface area contributed by atoms with Crippen molar-refractivity contribution in [2.45, 2.75) is 0 Å². The Morgan fingerprint density at radius 1 is 0.514 bits per heavy atom. The Morgan fingerprint density at radius 2 is 1.22 bits per heavy atom. The van der Waals surface area contributed by atoms with Crippen LogP contribution in [-0.2, 0) is 0 Å². The van der Waals surface area contributed by atoms with Crippen LogP contribution < -0.4 is 0 Å². The summed E-state index contributed by atoms with van der Waals surface area (Å²) in [4.78, 5) is 15.0. The van der Waals surface area contributed by atoms with E-state index in [1.165, 1.54) is 4.70 Å².